The van der Waals surface area contributed by atoms with E-state index in [2.05, 4.69) is 15.8 Å². The number of hydrazone groups is 1. The number of amides is 2. The van der Waals surface area contributed by atoms with Gasteiger partial charge in [-0.05, 0) is 47.4 Å². The lowest BCUT2D eigenvalue weighted by Crippen LogP contribution is -2.32. The average molecular weight is 436 g/mol. The van der Waals surface area contributed by atoms with Crippen LogP contribution in [-0.2, 0) is 4.79 Å². The van der Waals surface area contributed by atoms with E-state index in [1.54, 1.807) is 48.6 Å². The lowest BCUT2D eigenvalue weighted by Gasteiger charge is -2.08. The number of nitrogens with zero attached hydrogens (tertiary/aromatic N) is 1. The molecule has 0 fully saturated rings. The first-order valence-electron chi connectivity index (χ1n) is 8.99. The van der Waals surface area contributed by atoms with Gasteiger partial charge in [0.2, 0.25) is 0 Å². The van der Waals surface area contributed by atoms with Crippen LogP contribution in [0.1, 0.15) is 20.8 Å². The van der Waals surface area contributed by atoms with Crippen molar-refractivity contribution in [3.05, 3.63) is 105 Å². The molecule has 1 aromatic heterocycles. The molecule has 3 aromatic rings. The molecule has 0 spiro atoms. The third kappa shape index (κ3) is 6.27. The van der Waals surface area contributed by atoms with Gasteiger partial charge >= 0.3 is 0 Å². The van der Waals surface area contributed by atoms with E-state index in [4.69, 9.17) is 11.6 Å². The van der Waals surface area contributed by atoms with Crippen molar-refractivity contribution in [2.24, 2.45) is 5.10 Å². The van der Waals surface area contributed by atoms with Crippen LogP contribution in [0.5, 0.6) is 0 Å². The van der Waals surface area contributed by atoms with E-state index >= 15 is 0 Å². The summed E-state index contributed by atoms with van der Waals surface area (Å²) in [5, 5.41) is 9.06. The standard InChI is InChI=1S/C23H18ClN3O2S/c24-20-13-5-4-8-17(20)11-6-14-25-27-23(29)21(16-19-12-7-15-30-19)26-22(28)18-9-2-1-3-10-18/h1-16H,(H,26,28)(H,27,29). The fraction of sp³-hybridized carbons (Fsp3) is 0. The van der Waals surface area contributed by atoms with E-state index in [1.807, 2.05) is 41.8 Å². The first kappa shape index (κ1) is 21.2. The third-order valence-electron chi connectivity index (χ3n) is 3.87. The topological polar surface area (TPSA) is 70.6 Å². The molecule has 1 heterocycles. The number of nitrogens with one attached hydrogen (secondary N) is 2. The van der Waals surface area contributed by atoms with Crippen LogP contribution in [-0.4, -0.2) is 18.0 Å². The lowest BCUT2D eigenvalue weighted by atomic mass is 10.2. The first-order valence-corrected chi connectivity index (χ1v) is 10.3. The Labute approximate surface area is 183 Å². The van der Waals surface area contributed by atoms with Crippen LogP contribution < -0.4 is 10.7 Å². The van der Waals surface area contributed by atoms with Crippen molar-refractivity contribution >= 4 is 53.1 Å². The second-order valence-electron chi connectivity index (χ2n) is 5.99. The maximum Gasteiger partial charge on any atom is 0.287 e. The van der Waals surface area contributed by atoms with Crippen LogP contribution >= 0.6 is 22.9 Å². The summed E-state index contributed by atoms with van der Waals surface area (Å²) in [4.78, 5) is 25.9. The summed E-state index contributed by atoms with van der Waals surface area (Å²) in [5.41, 5.74) is 3.81. The molecular formula is C23H18ClN3O2S. The third-order valence-corrected chi connectivity index (χ3v) is 5.03. The molecule has 0 saturated carbocycles. The van der Waals surface area contributed by atoms with Crippen LogP contribution in [0.15, 0.2) is 89.0 Å². The Bertz CT molecular complexity index is 1090. The molecule has 3 rings (SSSR count). The van der Waals surface area contributed by atoms with Gasteiger partial charge in [0.15, 0.2) is 0 Å². The van der Waals surface area contributed by atoms with Gasteiger partial charge in [0, 0.05) is 21.7 Å². The predicted molar refractivity (Wildman–Crippen MR) is 123 cm³/mol. The molecular weight excluding hydrogens is 418 g/mol. The molecule has 7 heteroatoms. The fourth-order valence-corrected chi connectivity index (χ4v) is 3.27. The highest BCUT2D eigenvalue weighted by molar-refractivity contribution is 7.10. The minimum atomic E-state index is -0.532. The zero-order valence-electron chi connectivity index (χ0n) is 15.8. The van der Waals surface area contributed by atoms with Crippen LogP contribution in [0, 0.1) is 0 Å². The maximum absolute atomic E-state index is 12.6. The minimum Gasteiger partial charge on any atom is -0.317 e. The van der Waals surface area contributed by atoms with E-state index in [-0.39, 0.29) is 11.6 Å². The number of thiophene rings is 1. The Morgan fingerprint density at radius 1 is 0.967 bits per heavy atom. The summed E-state index contributed by atoms with van der Waals surface area (Å²) < 4.78 is 0. The zero-order valence-corrected chi connectivity index (χ0v) is 17.4. The largest absolute Gasteiger partial charge is 0.317 e. The molecule has 0 radical (unpaired) electrons. The summed E-state index contributed by atoms with van der Waals surface area (Å²) >= 11 is 7.54. The molecule has 0 saturated heterocycles. The highest BCUT2D eigenvalue weighted by atomic mass is 35.5. The predicted octanol–water partition coefficient (Wildman–Crippen LogP) is 4.99. The quantitative estimate of drug-likeness (QED) is 0.312. The normalized spacial score (nSPS) is 11.7. The number of hydrogen-bond donors (Lipinski definition) is 2. The monoisotopic (exact) mass is 435 g/mol. The number of carbonyl (C=O) groups is 2. The number of halogens is 1. The molecule has 0 aliphatic heterocycles. The van der Waals surface area contributed by atoms with E-state index in [1.165, 1.54) is 17.6 Å². The van der Waals surface area contributed by atoms with E-state index in [0.29, 0.717) is 10.6 Å². The van der Waals surface area contributed by atoms with Gasteiger partial charge in [-0.2, -0.15) is 5.10 Å². The van der Waals surface area contributed by atoms with Crippen LogP contribution in [0.3, 0.4) is 0 Å². The Hall–Kier alpha value is -3.48. The van der Waals surface area contributed by atoms with Crippen molar-refractivity contribution in [2.75, 3.05) is 0 Å². The average Bonchev–Trinajstić information content (AvgIpc) is 3.28. The van der Waals surface area contributed by atoms with Gasteiger partial charge in [0.05, 0.1) is 0 Å². The van der Waals surface area contributed by atoms with Crippen LogP contribution in [0.2, 0.25) is 5.02 Å². The van der Waals surface area contributed by atoms with Crippen molar-refractivity contribution in [1.82, 2.24) is 10.7 Å². The molecule has 0 bridgehead atoms. The molecule has 0 aliphatic rings. The number of allylic oxidation sites excluding steroid dienone is 1. The van der Waals surface area contributed by atoms with E-state index in [0.717, 1.165) is 10.4 Å². The van der Waals surface area contributed by atoms with Crippen LogP contribution in [0.4, 0.5) is 0 Å². The van der Waals surface area contributed by atoms with Crippen molar-refractivity contribution in [3.8, 4) is 0 Å². The Balaban J connectivity index is 1.68. The molecule has 30 heavy (non-hydrogen) atoms. The highest BCUT2D eigenvalue weighted by Crippen LogP contribution is 2.16. The summed E-state index contributed by atoms with van der Waals surface area (Å²) in [7, 11) is 0. The second kappa shape index (κ2) is 10.9. The van der Waals surface area contributed by atoms with Gasteiger partial charge in [0.1, 0.15) is 5.70 Å². The first-order chi connectivity index (χ1) is 14.6. The maximum atomic E-state index is 12.6. The molecule has 5 nitrogen and oxygen atoms in total. The number of hydrogen-bond acceptors (Lipinski definition) is 4. The Kier molecular flexibility index (Phi) is 7.71. The smallest absolute Gasteiger partial charge is 0.287 e. The second-order valence-corrected chi connectivity index (χ2v) is 7.38. The summed E-state index contributed by atoms with van der Waals surface area (Å²) in [5.74, 6) is -0.911. The number of rotatable bonds is 7. The Morgan fingerprint density at radius 2 is 1.73 bits per heavy atom. The van der Waals surface area contributed by atoms with Gasteiger partial charge in [-0.25, -0.2) is 5.43 Å². The number of carbonyl (C=O) groups excluding carboxylic acids is 2. The number of benzene rings is 2. The fourth-order valence-electron chi connectivity index (χ4n) is 2.41. The summed E-state index contributed by atoms with van der Waals surface area (Å²) in [6.07, 6.45) is 6.48. The van der Waals surface area contributed by atoms with Crippen molar-refractivity contribution in [2.45, 2.75) is 0 Å². The molecule has 0 unspecified atom stereocenters. The molecule has 2 aromatic carbocycles. The highest BCUT2D eigenvalue weighted by Gasteiger charge is 2.14. The van der Waals surface area contributed by atoms with Crippen molar-refractivity contribution in [3.63, 3.8) is 0 Å². The summed E-state index contributed by atoms with van der Waals surface area (Å²) in [6.45, 7) is 0. The SMILES string of the molecule is O=C(NN=CC=Cc1ccccc1Cl)C(=Cc1cccs1)NC(=O)c1ccccc1. The van der Waals surface area contributed by atoms with Gasteiger partial charge in [-0.3, -0.25) is 9.59 Å². The molecule has 2 amide bonds. The Morgan fingerprint density at radius 3 is 2.47 bits per heavy atom. The molecule has 0 aliphatic carbocycles. The molecule has 0 atom stereocenters. The van der Waals surface area contributed by atoms with E-state index in [9.17, 15) is 9.59 Å². The summed E-state index contributed by atoms with van der Waals surface area (Å²) in [6, 6.07) is 19.8. The van der Waals surface area contributed by atoms with Gasteiger partial charge in [0.25, 0.3) is 11.8 Å². The van der Waals surface area contributed by atoms with Crippen molar-refractivity contribution in [1.29, 1.82) is 0 Å². The zero-order chi connectivity index (χ0) is 21.2. The van der Waals surface area contributed by atoms with Gasteiger partial charge < -0.3 is 5.32 Å². The van der Waals surface area contributed by atoms with Crippen molar-refractivity contribution < 1.29 is 9.59 Å². The lowest BCUT2D eigenvalue weighted by molar-refractivity contribution is -0.117. The van der Waals surface area contributed by atoms with Crippen LogP contribution in [0.25, 0.3) is 12.2 Å². The van der Waals surface area contributed by atoms with E-state index < -0.39 is 5.91 Å². The molecule has 150 valence electrons. The van der Waals surface area contributed by atoms with Gasteiger partial charge in [-0.1, -0.05) is 60.1 Å². The molecule has 2 N–H and O–H groups in total. The van der Waals surface area contributed by atoms with Gasteiger partial charge in [-0.15, -0.1) is 11.3 Å². The minimum absolute atomic E-state index is 0.0959.